The summed E-state index contributed by atoms with van der Waals surface area (Å²) < 4.78 is 27.6. The molecule has 0 atom stereocenters. The summed E-state index contributed by atoms with van der Waals surface area (Å²) in [5.41, 5.74) is 2.36. The van der Waals surface area contributed by atoms with E-state index in [1.807, 2.05) is 0 Å². The predicted octanol–water partition coefficient (Wildman–Crippen LogP) is 2.33. The second kappa shape index (κ2) is 7.04. The molecular weight excluding hydrogens is 356 g/mol. The van der Waals surface area contributed by atoms with Crippen LogP contribution in [0.3, 0.4) is 0 Å². The van der Waals surface area contributed by atoms with Crippen molar-refractivity contribution in [1.29, 1.82) is 0 Å². The van der Waals surface area contributed by atoms with Crippen LogP contribution in [0, 0.1) is 5.92 Å². The third kappa shape index (κ3) is 3.74. The molecule has 6 nitrogen and oxygen atoms in total. The molecule has 0 bridgehead atoms. The lowest BCUT2D eigenvalue weighted by Gasteiger charge is -2.31. The van der Waals surface area contributed by atoms with Crippen molar-refractivity contribution in [2.24, 2.45) is 11.8 Å². The maximum absolute atomic E-state index is 12.8. The molecule has 3 N–H and O–H groups in total. The highest BCUT2D eigenvalue weighted by molar-refractivity contribution is 9.10. The Balaban J connectivity index is 2.21. The van der Waals surface area contributed by atoms with E-state index in [1.54, 1.807) is 0 Å². The van der Waals surface area contributed by atoms with E-state index in [2.05, 4.69) is 33.3 Å². The van der Waals surface area contributed by atoms with Crippen molar-refractivity contribution in [2.75, 3.05) is 18.5 Å². The normalized spacial score (nSPS) is 17.9. The SMILES string of the molecule is CCCC1CCN(S(=O)(=O)c2cc(Br)cnc2NN)CC1. The summed E-state index contributed by atoms with van der Waals surface area (Å²) in [7, 11) is -3.57. The number of anilines is 1. The van der Waals surface area contributed by atoms with Gasteiger partial charge in [-0.1, -0.05) is 19.8 Å². The minimum atomic E-state index is -3.57. The molecule has 0 radical (unpaired) electrons. The lowest BCUT2D eigenvalue weighted by Crippen LogP contribution is -2.38. The van der Waals surface area contributed by atoms with Gasteiger partial charge in [-0.25, -0.2) is 19.2 Å². The van der Waals surface area contributed by atoms with Crippen LogP contribution >= 0.6 is 15.9 Å². The summed E-state index contributed by atoms with van der Waals surface area (Å²) in [5, 5.41) is 0. The monoisotopic (exact) mass is 376 g/mol. The first-order valence-corrected chi connectivity index (χ1v) is 9.34. The molecular formula is C13H21BrN4O2S. The lowest BCUT2D eigenvalue weighted by molar-refractivity contribution is 0.262. The molecule has 21 heavy (non-hydrogen) atoms. The van der Waals surface area contributed by atoms with E-state index in [-0.39, 0.29) is 10.7 Å². The van der Waals surface area contributed by atoms with Crippen molar-refractivity contribution in [3.63, 3.8) is 0 Å². The molecule has 1 saturated heterocycles. The molecule has 0 aromatic carbocycles. The van der Waals surface area contributed by atoms with E-state index in [0.29, 0.717) is 23.5 Å². The molecule has 1 aromatic heterocycles. The highest BCUT2D eigenvalue weighted by atomic mass is 79.9. The fourth-order valence-corrected chi connectivity index (χ4v) is 4.80. The number of nitrogens with two attached hydrogens (primary N) is 1. The van der Waals surface area contributed by atoms with Crippen molar-refractivity contribution in [1.82, 2.24) is 9.29 Å². The van der Waals surface area contributed by atoms with E-state index >= 15 is 0 Å². The standard InChI is InChI=1S/C13H21BrN4O2S/c1-2-3-10-4-6-18(7-5-10)21(19,20)12-8-11(14)9-16-13(12)17-15/h8-10H,2-7,15H2,1H3,(H,16,17). The average molecular weight is 377 g/mol. The highest BCUT2D eigenvalue weighted by Crippen LogP contribution is 2.29. The summed E-state index contributed by atoms with van der Waals surface area (Å²) in [6.07, 6.45) is 5.66. The van der Waals surface area contributed by atoms with Crippen LogP contribution in [0.1, 0.15) is 32.6 Å². The number of hydrogen-bond donors (Lipinski definition) is 2. The first-order valence-electron chi connectivity index (χ1n) is 7.11. The van der Waals surface area contributed by atoms with Crippen LogP contribution in [0.2, 0.25) is 0 Å². The van der Waals surface area contributed by atoms with Gasteiger partial charge >= 0.3 is 0 Å². The van der Waals surface area contributed by atoms with Gasteiger partial charge in [0.05, 0.1) is 0 Å². The first-order chi connectivity index (χ1) is 9.98. The van der Waals surface area contributed by atoms with Crippen LogP contribution in [0.5, 0.6) is 0 Å². The molecule has 1 aromatic rings. The summed E-state index contributed by atoms with van der Waals surface area (Å²) in [4.78, 5) is 4.13. The molecule has 0 amide bonds. The predicted molar refractivity (Wildman–Crippen MR) is 86.1 cm³/mol. The quantitative estimate of drug-likeness (QED) is 0.607. The average Bonchev–Trinajstić information content (AvgIpc) is 2.48. The van der Waals surface area contributed by atoms with Gasteiger partial charge in [-0.15, -0.1) is 0 Å². The van der Waals surface area contributed by atoms with Gasteiger partial charge in [0.15, 0.2) is 5.82 Å². The number of nitrogens with one attached hydrogen (secondary N) is 1. The van der Waals surface area contributed by atoms with Crippen LogP contribution < -0.4 is 11.3 Å². The van der Waals surface area contributed by atoms with Gasteiger partial charge in [-0.3, -0.25) is 0 Å². The third-order valence-electron chi connectivity index (χ3n) is 3.84. The van der Waals surface area contributed by atoms with Crippen LogP contribution in [0.15, 0.2) is 21.6 Å². The molecule has 0 spiro atoms. The van der Waals surface area contributed by atoms with Gasteiger partial charge in [0.25, 0.3) is 0 Å². The Morgan fingerprint density at radius 2 is 2.14 bits per heavy atom. The number of aromatic nitrogens is 1. The molecule has 0 saturated carbocycles. The molecule has 2 rings (SSSR count). The van der Waals surface area contributed by atoms with Crippen molar-refractivity contribution in [2.45, 2.75) is 37.5 Å². The van der Waals surface area contributed by atoms with Crippen molar-refractivity contribution in [3.8, 4) is 0 Å². The number of halogens is 1. The van der Waals surface area contributed by atoms with E-state index in [1.165, 1.54) is 23.0 Å². The number of nitrogen functional groups attached to an aromatic ring is 1. The fraction of sp³-hybridized carbons (Fsp3) is 0.615. The van der Waals surface area contributed by atoms with Crippen molar-refractivity contribution in [3.05, 3.63) is 16.7 Å². The van der Waals surface area contributed by atoms with Gasteiger partial charge in [0.2, 0.25) is 10.0 Å². The van der Waals surface area contributed by atoms with E-state index in [0.717, 1.165) is 19.3 Å². The molecule has 2 heterocycles. The first kappa shape index (κ1) is 16.7. The van der Waals surface area contributed by atoms with Gasteiger partial charge in [-0.05, 0) is 40.8 Å². The molecule has 0 aliphatic carbocycles. The summed E-state index contributed by atoms with van der Waals surface area (Å²) >= 11 is 3.26. The molecule has 8 heteroatoms. The van der Waals surface area contributed by atoms with Gasteiger partial charge in [-0.2, -0.15) is 4.31 Å². The lowest BCUT2D eigenvalue weighted by atomic mass is 9.94. The van der Waals surface area contributed by atoms with Gasteiger partial charge in [0, 0.05) is 23.8 Å². The second-order valence-electron chi connectivity index (χ2n) is 5.28. The number of sulfonamides is 1. The molecule has 0 unspecified atom stereocenters. The van der Waals surface area contributed by atoms with E-state index < -0.39 is 10.0 Å². The highest BCUT2D eigenvalue weighted by Gasteiger charge is 2.31. The molecule has 118 valence electrons. The van der Waals surface area contributed by atoms with Crippen molar-refractivity contribution >= 4 is 31.8 Å². The Kier molecular flexibility index (Phi) is 5.59. The fourth-order valence-electron chi connectivity index (χ4n) is 2.71. The Hall–Kier alpha value is -0.700. The molecule has 1 aliphatic rings. The number of piperidine rings is 1. The van der Waals surface area contributed by atoms with Crippen LogP contribution in [-0.4, -0.2) is 30.8 Å². The maximum Gasteiger partial charge on any atom is 0.246 e. The maximum atomic E-state index is 12.8. The molecule has 1 fully saturated rings. The van der Waals surface area contributed by atoms with Gasteiger partial charge in [0.1, 0.15) is 4.90 Å². The Labute approximate surface area is 134 Å². The Morgan fingerprint density at radius 3 is 2.71 bits per heavy atom. The number of pyridine rings is 1. The number of hydrogen-bond acceptors (Lipinski definition) is 5. The zero-order chi connectivity index (χ0) is 15.5. The van der Waals surface area contributed by atoms with Crippen LogP contribution in [0.25, 0.3) is 0 Å². The Morgan fingerprint density at radius 1 is 1.48 bits per heavy atom. The summed E-state index contributed by atoms with van der Waals surface area (Å²) in [6, 6.07) is 1.54. The second-order valence-corrected chi connectivity index (χ2v) is 8.10. The minimum absolute atomic E-state index is 0.119. The number of nitrogens with zero attached hydrogens (tertiary/aromatic N) is 2. The smallest absolute Gasteiger partial charge is 0.246 e. The molecule has 1 aliphatic heterocycles. The van der Waals surface area contributed by atoms with Crippen molar-refractivity contribution < 1.29 is 8.42 Å². The summed E-state index contributed by atoms with van der Waals surface area (Å²) in [6.45, 7) is 3.28. The Bertz CT molecular complexity index is 586. The number of hydrazine groups is 1. The zero-order valence-electron chi connectivity index (χ0n) is 12.0. The van der Waals surface area contributed by atoms with Gasteiger partial charge < -0.3 is 5.43 Å². The minimum Gasteiger partial charge on any atom is -0.307 e. The topological polar surface area (TPSA) is 88.3 Å². The zero-order valence-corrected chi connectivity index (χ0v) is 14.5. The summed E-state index contributed by atoms with van der Waals surface area (Å²) in [5.74, 6) is 6.19. The van der Waals surface area contributed by atoms with Crippen LogP contribution in [-0.2, 0) is 10.0 Å². The largest absolute Gasteiger partial charge is 0.307 e. The third-order valence-corrected chi connectivity index (χ3v) is 6.19. The number of rotatable bonds is 5. The van der Waals surface area contributed by atoms with Crippen LogP contribution in [0.4, 0.5) is 5.82 Å². The van der Waals surface area contributed by atoms with E-state index in [4.69, 9.17) is 5.84 Å². The van der Waals surface area contributed by atoms with E-state index in [9.17, 15) is 8.42 Å².